The van der Waals surface area contributed by atoms with E-state index >= 15 is 0 Å². The van der Waals surface area contributed by atoms with Gasteiger partial charge in [-0.3, -0.25) is 4.79 Å². The molecule has 0 atom stereocenters. The average molecular weight is 424 g/mol. The Morgan fingerprint density at radius 2 is 1.72 bits per heavy atom. The van der Waals surface area contributed by atoms with Crippen LogP contribution in [-0.4, -0.2) is 65.1 Å². The Bertz CT molecular complexity index is 815. The van der Waals surface area contributed by atoms with Gasteiger partial charge in [0.15, 0.2) is 0 Å². The molecule has 156 valence electrons. The fraction of sp³-hybridized carbons (Fsp3) is 0.263. The molecule has 0 aliphatic carbocycles. The fourth-order valence-electron chi connectivity index (χ4n) is 1.95. The molecule has 0 spiro atoms. The maximum atomic E-state index is 12.3. The van der Waals surface area contributed by atoms with Crippen LogP contribution in [0.15, 0.2) is 42.6 Å². The van der Waals surface area contributed by atoms with Crippen molar-refractivity contribution in [3.05, 3.63) is 53.2 Å². The van der Waals surface area contributed by atoms with E-state index in [2.05, 4.69) is 15.2 Å². The van der Waals surface area contributed by atoms with Crippen molar-refractivity contribution in [2.45, 2.75) is 6.42 Å². The minimum atomic E-state index is -1.82. The van der Waals surface area contributed by atoms with Crippen molar-refractivity contribution < 1.29 is 29.3 Å². The Balaban J connectivity index is 0.000000612. The number of rotatable bonds is 7. The molecule has 1 heterocycles. The lowest BCUT2D eigenvalue weighted by atomic mass is 10.2. The summed E-state index contributed by atoms with van der Waals surface area (Å²) in [5.41, 5.74) is 0.410. The number of carbonyl (C=O) groups excluding carboxylic acids is 1. The minimum absolute atomic E-state index is 0.194. The first-order valence-electron chi connectivity index (χ1n) is 8.48. The van der Waals surface area contributed by atoms with Crippen molar-refractivity contribution in [2.24, 2.45) is 0 Å². The molecule has 0 unspecified atom stereocenters. The molecule has 0 aliphatic rings. The van der Waals surface area contributed by atoms with Gasteiger partial charge in [-0.15, -0.1) is 0 Å². The molecule has 29 heavy (non-hydrogen) atoms. The second kappa shape index (κ2) is 12.3. The van der Waals surface area contributed by atoms with Gasteiger partial charge in [0, 0.05) is 17.8 Å². The van der Waals surface area contributed by atoms with Crippen LogP contribution in [-0.2, 0) is 9.59 Å². The average Bonchev–Trinajstić information content (AvgIpc) is 2.67. The monoisotopic (exact) mass is 423 g/mol. The Morgan fingerprint density at radius 1 is 1.10 bits per heavy atom. The summed E-state index contributed by atoms with van der Waals surface area (Å²) >= 11 is 5.85. The molecule has 9 nitrogen and oxygen atoms in total. The van der Waals surface area contributed by atoms with Crippen LogP contribution in [0.2, 0.25) is 5.02 Å². The topological polar surface area (TPSA) is 129 Å². The highest BCUT2D eigenvalue weighted by molar-refractivity contribution is 6.30. The van der Waals surface area contributed by atoms with Crippen LogP contribution < -0.4 is 10.1 Å². The Labute approximate surface area is 172 Å². The highest BCUT2D eigenvalue weighted by Crippen LogP contribution is 2.24. The second-order valence-electron chi connectivity index (χ2n) is 5.94. The molecule has 1 aromatic carbocycles. The van der Waals surface area contributed by atoms with E-state index in [1.807, 2.05) is 14.1 Å². The van der Waals surface area contributed by atoms with Gasteiger partial charge in [-0.25, -0.2) is 14.6 Å². The van der Waals surface area contributed by atoms with E-state index in [1.165, 1.54) is 0 Å². The third-order valence-corrected chi connectivity index (χ3v) is 3.55. The lowest BCUT2D eigenvalue weighted by Gasteiger charge is -2.12. The Hall–Kier alpha value is -3.17. The summed E-state index contributed by atoms with van der Waals surface area (Å²) in [6.45, 7) is 1.52. The number of nitrogens with one attached hydrogen (secondary N) is 1. The van der Waals surface area contributed by atoms with Crippen LogP contribution >= 0.6 is 11.6 Å². The molecular weight excluding hydrogens is 402 g/mol. The predicted octanol–water partition coefficient (Wildman–Crippen LogP) is 2.36. The summed E-state index contributed by atoms with van der Waals surface area (Å²) in [7, 11) is 4.00. The van der Waals surface area contributed by atoms with Crippen LogP contribution in [0.25, 0.3) is 0 Å². The summed E-state index contributed by atoms with van der Waals surface area (Å²) in [5, 5.41) is 18.3. The number of benzene rings is 1. The highest BCUT2D eigenvalue weighted by Gasteiger charge is 2.13. The molecule has 0 bridgehead atoms. The molecular formula is C19H22ClN3O6. The maximum Gasteiger partial charge on any atom is 0.414 e. The second-order valence-corrected chi connectivity index (χ2v) is 6.37. The number of halogens is 1. The number of aliphatic carboxylic acids is 2. The summed E-state index contributed by atoms with van der Waals surface area (Å²) in [6, 6.07) is 10.3. The first-order valence-corrected chi connectivity index (χ1v) is 8.86. The van der Waals surface area contributed by atoms with Gasteiger partial charge in [-0.05, 0) is 63.5 Å². The van der Waals surface area contributed by atoms with Gasteiger partial charge >= 0.3 is 11.9 Å². The zero-order chi connectivity index (χ0) is 21.8. The van der Waals surface area contributed by atoms with Crippen LogP contribution in [0.1, 0.15) is 16.8 Å². The van der Waals surface area contributed by atoms with Crippen molar-refractivity contribution in [1.29, 1.82) is 0 Å². The normalized spacial score (nSPS) is 9.93. The smallest absolute Gasteiger partial charge is 0.414 e. The third-order valence-electron chi connectivity index (χ3n) is 3.29. The summed E-state index contributed by atoms with van der Waals surface area (Å²) in [6.07, 6.45) is 2.47. The summed E-state index contributed by atoms with van der Waals surface area (Å²) < 4.78 is 5.69. The van der Waals surface area contributed by atoms with Gasteiger partial charge in [0.1, 0.15) is 11.3 Å². The van der Waals surface area contributed by atoms with Crippen molar-refractivity contribution in [2.75, 3.05) is 27.2 Å². The SMILES string of the molecule is CN(C)CCCNC(=O)c1cccnc1Oc1ccc(Cl)cc1.O=C(O)C(=O)O. The summed E-state index contributed by atoms with van der Waals surface area (Å²) in [4.78, 5) is 36.7. The molecule has 0 saturated carbocycles. The number of hydrogen-bond donors (Lipinski definition) is 3. The molecule has 1 aromatic heterocycles. The highest BCUT2D eigenvalue weighted by atomic mass is 35.5. The van der Waals surface area contributed by atoms with E-state index in [0.29, 0.717) is 22.9 Å². The van der Waals surface area contributed by atoms with Crippen LogP contribution in [0.3, 0.4) is 0 Å². The van der Waals surface area contributed by atoms with Gasteiger partial charge < -0.3 is 25.2 Å². The van der Waals surface area contributed by atoms with Gasteiger partial charge in [-0.1, -0.05) is 11.6 Å². The van der Waals surface area contributed by atoms with Crippen molar-refractivity contribution in [1.82, 2.24) is 15.2 Å². The molecule has 2 rings (SSSR count). The fourth-order valence-corrected chi connectivity index (χ4v) is 2.08. The quantitative estimate of drug-likeness (QED) is 0.457. The van der Waals surface area contributed by atoms with E-state index < -0.39 is 11.9 Å². The number of carbonyl (C=O) groups is 3. The van der Waals surface area contributed by atoms with Crippen molar-refractivity contribution >= 4 is 29.4 Å². The van der Waals surface area contributed by atoms with Crippen molar-refractivity contribution in [3.63, 3.8) is 0 Å². The predicted molar refractivity (Wildman–Crippen MR) is 107 cm³/mol. The van der Waals surface area contributed by atoms with E-state index in [9.17, 15) is 4.79 Å². The zero-order valence-corrected chi connectivity index (χ0v) is 16.7. The van der Waals surface area contributed by atoms with E-state index in [4.69, 9.17) is 36.1 Å². The molecule has 0 saturated heterocycles. The van der Waals surface area contributed by atoms with Gasteiger partial charge in [0.05, 0.1) is 0 Å². The maximum absolute atomic E-state index is 12.3. The van der Waals surface area contributed by atoms with Gasteiger partial charge in [0.25, 0.3) is 5.91 Å². The lowest BCUT2D eigenvalue weighted by Crippen LogP contribution is -2.27. The van der Waals surface area contributed by atoms with Crippen LogP contribution in [0.5, 0.6) is 11.6 Å². The number of pyridine rings is 1. The first-order chi connectivity index (χ1) is 13.7. The molecule has 3 N–H and O–H groups in total. The lowest BCUT2D eigenvalue weighted by molar-refractivity contribution is -0.159. The number of ether oxygens (including phenoxy) is 1. The third kappa shape index (κ3) is 9.54. The number of carboxylic acids is 2. The number of hydrogen-bond acceptors (Lipinski definition) is 6. The molecule has 0 radical (unpaired) electrons. The number of aromatic nitrogens is 1. The minimum Gasteiger partial charge on any atom is -0.473 e. The first kappa shape index (κ1) is 23.9. The molecule has 0 aliphatic heterocycles. The Morgan fingerprint density at radius 3 is 2.28 bits per heavy atom. The van der Waals surface area contributed by atoms with E-state index in [-0.39, 0.29) is 11.8 Å². The number of nitrogens with zero attached hydrogens (tertiary/aromatic N) is 2. The van der Waals surface area contributed by atoms with Crippen LogP contribution in [0, 0.1) is 0 Å². The Kier molecular flexibility index (Phi) is 10.1. The van der Waals surface area contributed by atoms with E-state index in [0.717, 1.165) is 13.0 Å². The molecule has 0 fully saturated rings. The van der Waals surface area contributed by atoms with Gasteiger partial charge in [0.2, 0.25) is 5.88 Å². The standard InChI is InChI=1S/C17H20ClN3O2.C2H2O4/c1-21(2)12-4-11-19-16(22)15-5-3-10-20-17(15)23-14-8-6-13(18)7-9-14;3-1(4)2(5)6/h3,5-10H,4,11-12H2,1-2H3,(H,19,22);(H,3,4)(H,5,6). The molecule has 10 heteroatoms. The van der Waals surface area contributed by atoms with Gasteiger partial charge in [-0.2, -0.15) is 0 Å². The largest absolute Gasteiger partial charge is 0.473 e. The summed E-state index contributed by atoms with van der Waals surface area (Å²) in [5.74, 6) is -2.99. The molecule has 1 amide bonds. The molecule has 2 aromatic rings. The number of carboxylic acid groups (broad SMARTS) is 2. The van der Waals surface area contributed by atoms with E-state index in [1.54, 1.807) is 42.6 Å². The zero-order valence-electron chi connectivity index (χ0n) is 16.0. The van der Waals surface area contributed by atoms with Crippen LogP contribution in [0.4, 0.5) is 0 Å². The van der Waals surface area contributed by atoms with Crippen molar-refractivity contribution in [3.8, 4) is 11.6 Å². The number of amides is 1.